The third-order valence-electron chi connectivity index (χ3n) is 4.69. The Morgan fingerprint density at radius 2 is 2.03 bits per heavy atom. The number of aromatic nitrogens is 4. The van der Waals surface area contributed by atoms with Crippen LogP contribution in [0.3, 0.4) is 0 Å². The number of halogens is 1. The van der Waals surface area contributed by atoms with Crippen LogP contribution in [0.15, 0.2) is 28.9 Å². The van der Waals surface area contributed by atoms with Gasteiger partial charge in [0.1, 0.15) is 10.9 Å². The summed E-state index contributed by atoms with van der Waals surface area (Å²) < 4.78 is 11.6. The lowest BCUT2D eigenvalue weighted by atomic mass is 10.0. The molecule has 0 saturated carbocycles. The van der Waals surface area contributed by atoms with Gasteiger partial charge >= 0.3 is 0 Å². The van der Waals surface area contributed by atoms with Crippen LogP contribution in [0.1, 0.15) is 28.9 Å². The summed E-state index contributed by atoms with van der Waals surface area (Å²) in [7, 11) is 1.54. The van der Waals surface area contributed by atoms with Gasteiger partial charge in [-0.05, 0) is 31.9 Å². The van der Waals surface area contributed by atoms with Crippen molar-refractivity contribution in [1.29, 1.82) is 0 Å². The van der Waals surface area contributed by atoms with Crippen LogP contribution in [0, 0.1) is 6.92 Å². The first-order valence-corrected chi connectivity index (χ1v) is 11.7. The standard InChI is InChI=1S/C20H20ClN5O3S2/c1-11-7-13(14-8-17(21)23-10-16(14)28-2)15(9-22-11)18(27)24-19-25-26-20(31-19)30-12-3-5-29-6-4-12/h7-10,12H,3-6H2,1-2H3,(H,24,25,27). The highest BCUT2D eigenvalue weighted by molar-refractivity contribution is 8.01. The predicted molar refractivity (Wildman–Crippen MR) is 121 cm³/mol. The zero-order valence-corrected chi connectivity index (χ0v) is 19.3. The molecule has 1 amide bonds. The van der Waals surface area contributed by atoms with E-state index in [-0.39, 0.29) is 5.91 Å². The summed E-state index contributed by atoms with van der Waals surface area (Å²) in [6.07, 6.45) is 5.04. The first-order valence-electron chi connectivity index (χ1n) is 9.59. The van der Waals surface area contributed by atoms with Crippen LogP contribution >= 0.6 is 34.7 Å². The Balaban J connectivity index is 1.57. The maximum Gasteiger partial charge on any atom is 0.259 e. The van der Waals surface area contributed by atoms with E-state index in [0.29, 0.717) is 38.0 Å². The monoisotopic (exact) mass is 477 g/mol. The zero-order chi connectivity index (χ0) is 21.8. The molecular weight excluding hydrogens is 458 g/mol. The molecule has 1 N–H and O–H groups in total. The Hall–Kier alpha value is -2.27. The smallest absolute Gasteiger partial charge is 0.259 e. The van der Waals surface area contributed by atoms with Crippen LogP contribution < -0.4 is 10.1 Å². The van der Waals surface area contributed by atoms with Gasteiger partial charge in [0.05, 0.1) is 18.9 Å². The van der Waals surface area contributed by atoms with Crippen molar-refractivity contribution in [2.75, 3.05) is 25.6 Å². The molecule has 1 aliphatic heterocycles. The molecule has 0 unspecified atom stereocenters. The van der Waals surface area contributed by atoms with Crippen LogP contribution in [0.2, 0.25) is 5.15 Å². The molecule has 4 heterocycles. The molecule has 1 saturated heterocycles. The maximum absolute atomic E-state index is 13.1. The van der Waals surface area contributed by atoms with E-state index >= 15 is 0 Å². The highest BCUT2D eigenvalue weighted by Crippen LogP contribution is 2.35. The van der Waals surface area contributed by atoms with E-state index in [0.717, 1.165) is 36.1 Å². The van der Waals surface area contributed by atoms with Crippen LogP contribution in [-0.4, -0.2) is 51.6 Å². The van der Waals surface area contributed by atoms with E-state index in [9.17, 15) is 4.79 Å². The lowest BCUT2D eigenvalue weighted by Crippen LogP contribution is -2.17. The van der Waals surface area contributed by atoms with Gasteiger partial charge in [-0.25, -0.2) is 4.98 Å². The Morgan fingerprint density at radius 3 is 2.81 bits per heavy atom. The molecule has 0 atom stereocenters. The fourth-order valence-corrected chi connectivity index (χ4v) is 5.43. The van der Waals surface area contributed by atoms with Crippen molar-refractivity contribution >= 4 is 45.7 Å². The number of nitrogens with one attached hydrogen (secondary N) is 1. The van der Waals surface area contributed by atoms with E-state index < -0.39 is 0 Å². The molecule has 31 heavy (non-hydrogen) atoms. The second-order valence-electron chi connectivity index (χ2n) is 6.84. The van der Waals surface area contributed by atoms with Crippen molar-refractivity contribution in [3.8, 4) is 16.9 Å². The van der Waals surface area contributed by atoms with Crippen molar-refractivity contribution < 1.29 is 14.3 Å². The van der Waals surface area contributed by atoms with Crippen molar-refractivity contribution in [2.24, 2.45) is 0 Å². The van der Waals surface area contributed by atoms with Gasteiger partial charge in [0, 0.05) is 41.5 Å². The SMILES string of the molecule is COc1cnc(Cl)cc1-c1cc(C)ncc1C(=O)Nc1nnc(SC2CCOCC2)s1. The summed E-state index contributed by atoms with van der Waals surface area (Å²) in [5.74, 6) is 0.173. The van der Waals surface area contributed by atoms with Crippen molar-refractivity contribution in [1.82, 2.24) is 20.2 Å². The number of hydrogen-bond acceptors (Lipinski definition) is 9. The minimum absolute atomic E-state index is 0.301. The van der Waals surface area contributed by atoms with Gasteiger partial charge in [-0.3, -0.25) is 15.1 Å². The molecule has 8 nitrogen and oxygen atoms in total. The number of carbonyl (C=O) groups is 1. The summed E-state index contributed by atoms with van der Waals surface area (Å²) in [6, 6.07) is 3.48. The third-order valence-corrected chi connectivity index (χ3v) is 7.16. The molecule has 0 bridgehead atoms. The van der Waals surface area contributed by atoms with Gasteiger partial charge in [-0.2, -0.15) is 0 Å². The zero-order valence-electron chi connectivity index (χ0n) is 16.9. The van der Waals surface area contributed by atoms with Gasteiger partial charge in [0.25, 0.3) is 5.91 Å². The summed E-state index contributed by atoms with van der Waals surface area (Å²) in [5, 5.41) is 12.4. The number of anilines is 1. The summed E-state index contributed by atoms with van der Waals surface area (Å²) >= 11 is 9.13. The minimum atomic E-state index is -0.337. The highest BCUT2D eigenvalue weighted by Gasteiger charge is 2.21. The summed E-state index contributed by atoms with van der Waals surface area (Å²) in [6.45, 7) is 3.39. The Labute approximate surface area is 192 Å². The molecule has 3 aromatic heterocycles. The van der Waals surface area contributed by atoms with Crippen LogP contribution in [0.5, 0.6) is 5.75 Å². The van der Waals surface area contributed by atoms with E-state index in [4.69, 9.17) is 21.1 Å². The number of hydrogen-bond donors (Lipinski definition) is 1. The number of ether oxygens (including phenoxy) is 2. The van der Waals surface area contributed by atoms with Crippen LogP contribution in [-0.2, 0) is 4.74 Å². The van der Waals surface area contributed by atoms with E-state index in [1.165, 1.54) is 23.7 Å². The molecule has 1 aliphatic rings. The summed E-state index contributed by atoms with van der Waals surface area (Å²) in [4.78, 5) is 21.4. The first-order chi connectivity index (χ1) is 15.0. The molecule has 0 aliphatic carbocycles. The number of aryl methyl sites for hydroxylation is 1. The molecule has 162 valence electrons. The number of rotatable bonds is 6. The average Bonchev–Trinajstić information content (AvgIpc) is 3.20. The molecule has 0 radical (unpaired) electrons. The molecule has 1 fully saturated rings. The van der Waals surface area contributed by atoms with E-state index in [2.05, 4.69) is 25.5 Å². The normalized spacial score (nSPS) is 14.4. The molecule has 3 aromatic rings. The lowest BCUT2D eigenvalue weighted by molar-refractivity contribution is 0.1000. The molecule has 11 heteroatoms. The molecular formula is C20H20ClN5O3S2. The van der Waals surface area contributed by atoms with Gasteiger partial charge in [0.15, 0.2) is 4.34 Å². The lowest BCUT2D eigenvalue weighted by Gasteiger charge is -2.19. The second kappa shape index (κ2) is 9.90. The van der Waals surface area contributed by atoms with E-state index in [1.807, 2.05) is 13.0 Å². The van der Waals surface area contributed by atoms with Crippen LogP contribution in [0.4, 0.5) is 5.13 Å². The van der Waals surface area contributed by atoms with Gasteiger partial charge in [0.2, 0.25) is 5.13 Å². The summed E-state index contributed by atoms with van der Waals surface area (Å²) in [5.41, 5.74) is 2.44. The fourth-order valence-electron chi connectivity index (χ4n) is 3.16. The maximum atomic E-state index is 13.1. The van der Waals surface area contributed by atoms with Crippen molar-refractivity contribution in [2.45, 2.75) is 29.4 Å². The second-order valence-corrected chi connectivity index (χ2v) is 9.75. The average molecular weight is 478 g/mol. The number of carbonyl (C=O) groups excluding carboxylic acids is 1. The number of methoxy groups -OCH3 is 1. The van der Waals surface area contributed by atoms with Crippen molar-refractivity contribution in [3.63, 3.8) is 0 Å². The number of nitrogens with zero attached hydrogens (tertiary/aromatic N) is 4. The predicted octanol–water partition coefficient (Wildman–Crippen LogP) is 4.49. The highest BCUT2D eigenvalue weighted by atomic mass is 35.5. The fraction of sp³-hybridized carbons (Fsp3) is 0.350. The molecule has 4 rings (SSSR count). The topological polar surface area (TPSA) is 99.1 Å². The van der Waals surface area contributed by atoms with Crippen LogP contribution in [0.25, 0.3) is 11.1 Å². The quantitative estimate of drug-likeness (QED) is 0.409. The Kier molecular flexibility index (Phi) is 7.01. The number of thioether (sulfide) groups is 1. The molecule has 0 spiro atoms. The number of pyridine rings is 2. The largest absolute Gasteiger partial charge is 0.494 e. The van der Waals surface area contributed by atoms with Gasteiger partial charge in [-0.1, -0.05) is 34.7 Å². The van der Waals surface area contributed by atoms with Gasteiger partial charge in [-0.15, -0.1) is 10.2 Å². The third kappa shape index (κ3) is 5.32. The molecule has 0 aromatic carbocycles. The van der Waals surface area contributed by atoms with Gasteiger partial charge < -0.3 is 9.47 Å². The first kappa shape index (κ1) is 21.9. The minimum Gasteiger partial charge on any atom is -0.494 e. The Morgan fingerprint density at radius 1 is 1.23 bits per heavy atom. The van der Waals surface area contributed by atoms with E-state index in [1.54, 1.807) is 24.9 Å². The Bertz CT molecular complexity index is 1090. The number of amides is 1. The van der Waals surface area contributed by atoms with Crippen molar-refractivity contribution in [3.05, 3.63) is 40.9 Å².